The van der Waals surface area contributed by atoms with Gasteiger partial charge in [-0.2, -0.15) is 0 Å². The monoisotopic (exact) mass is 392 g/mol. The van der Waals surface area contributed by atoms with Crippen LogP contribution in [-0.2, 0) is 11.3 Å². The molecule has 1 amide bonds. The van der Waals surface area contributed by atoms with E-state index in [0.29, 0.717) is 11.3 Å². The third-order valence-electron chi connectivity index (χ3n) is 4.75. The highest BCUT2D eigenvalue weighted by Crippen LogP contribution is 2.24. The summed E-state index contributed by atoms with van der Waals surface area (Å²) in [6, 6.07) is 11.3. The summed E-state index contributed by atoms with van der Waals surface area (Å²) in [5.74, 6) is -0.832. The molecule has 0 bridgehead atoms. The van der Waals surface area contributed by atoms with Crippen molar-refractivity contribution in [2.24, 2.45) is 0 Å². The normalized spacial score (nSPS) is 11.0. The Morgan fingerprint density at radius 1 is 1.21 bits per heavy atom. The summed E-state index contributed by atoms with van der Waals surface area (Å²) >= 11 is 0. The summed E-state index contributed by atoms with van der Waals surface area (Å²) in [5, 5.41) is 6.76. The minimum Gasteiger partial charge on any atom is -0.335 e. The summed E-state index contributed by atoms with van der Waals surface area (Å²) in [6.45, 7) is 3.63. The van der Waals surface area contributed by atoms with Gasteiger partial charge in [-0.05, 0) is 43.2 Å². The van der Waals surface area contributed by atoms with E-state index in [1.807, 2.05) is 26.0 Å². The second-order valence-electron chi connectivity index (χ2n) is 6.69. The van der Waals surface area contributed by atoms with Crippen molar-refractivity contribution in [3.05, 3.63) is 76.1 Å². The first-order valence-electron chi connectivity index (χ1n) is 8.91. The number of aryl methyl sites for hydroxylation is 1. The third-order valence-corrected chi connectivity index (χ3v) is 4.75. The largest absolute Gasteiger partial charge is 0.335 e. The number of aromatic nitrogens is 3. The molecule has 0 atom stereocenters. The van der Waals surface area contributed by atoms with E-state index < -0.39 is 11.4 Å². The van der Waals surface area contributed by atoms with Crippen molar-refractivity contribution < 1.29 is 13.7 Å². The van der Waals surface area contributed by atoms with E-state index in [1.54, 1.807) is 12.1 Å². The number of fused-ring (bicyclic) bond motifs is 1. The predicted octanol–water partition coefficient (Wildman–Crippen LogP) is 3.45. The Labute approximate surface area is 164 Å². The number of carbonyl (C=O) groups excluding carboxylic acids is 1. The highest BCUT2D eigenvalue weighted by atomic mass is 19.1. The maximum atomic E-state index is 13.6. The highest BCUT2D eigenvalue weighted by molar-refractivity contribution is 5.92. The Kier molecular flexibility index (Phi) is 4.67. The molecule has 4 aromatic rings. The Balaban J connectivity index is 1.67. The van der Waals surface area contributed by atoms with Gasteiger partial charge in [0.05, 0.1) is 0 Å². The van der Waals surface area contributed by atoms with Crippen LogP contribution in [0.1, 0.15) is 11.1 Å². The second kappa shape index (κ2) is 7.31. The number of anilines is 1. The number of carbonyl (C=O) groups is 1. The summed E-state index contributed by atoms with van der Waals surface area (Å²) in [6.07, 6.45) is 1.23. The Morgan fingerprint density at radius 3 is 2.79 bits per heavy atom. The van der Waals surface area contributed by atoms with Crippen molar-refractivity contribution in [3.63, 3.8) is 0 Å². The van der Waals surface area contributed by atoms with Gasteiger partial charge in [0, 0.05) is 11.3 Å². The van der Waals surface area contributed by atoms with Gasteiger partial charge in [-0.3, -0.25) is 14.2 Å². The zero-order valence-electron chi connectivity index (χ0n) is 15.8. The summed E-state index contributed by atoms with van der Waals surface area (Å²) in [5.41, 5.74) is 2.79. The lowest BCUT2D eigenvalue weighted by Crippen LogP contribution is -2.28. The molecule has 1 N–H and O–H groups in total. The van der Waals surface area contributed by atoms with E-state index in [9.17, 15) is 14.0 Å². The predicted molar refractivity (Wildman–Crippen MR) is 106 cm³/mol. The van der Waals surface area contributed by atoms with Crippen LogP contribution in [0.15, 0.2) is 58.1 Å². The molecule has 0 aliphatic rings. The number of benzene rings is 2. The van der Waals surface area contributed by atoms with Crippen LogP contribution < -0.4 is 10.9 Å². The number of nitrogens with zero attached hydrogens (tertiary/aromatic N) is 3. The van der Waals surface area contributed by atoms with Crippen molar-refractivity contribution in [1.29, 1.82) is 0 Å². The van der Waals surface area contributed by atoms with E-state index in [1.165, 1.54) is 29.1 Å². The Morgan fingerprint density at radius 2 is 2.00 bits per heavy atom. The number of hydrogen-bond acceptors (Lipinski definition) is 5. The van der Waals surface area contributed by atoms with Gasteiger partial charge in [-0.1, -0.05) is 29.4 Å². The van der Waals surface area contributed by atoms with Crippen molar-refractivity contribution in [1.82, 2.24) is 14.7 Å². The molecule has 2 aromatic heterocycles. The molecule has 0 aliphatic heterocycles. The van der Waals surface area contributed by atoms with Gasteiger partial charge >= 0.3 is 0 Å². The fraction of sp³-hybridized carbons (Fsp3) is 0.143. The van der Waals surface area contributed by atoms with E-state index in [0.717, 1.165) is 11.1 Å². The molecule has 7 nitrogen and oxygen atoms in total. The first kappa shape index (κ1) is 18.5. The molecule has 0 aliphatic carbocycles. The van der Waals surface area contributed by atoms with E-state index in [2.05, 4.69) is 15.5 Å². The quantitative estimate of drug-likeness (QED) is 0.575. The van der Waals surface area contributed by atoms with Crippen LogP contribution in [0.3, 0.4) is 0 Å². The lowest BCUT2D eigenvalue weighted by Gasteiger charge is -2.11. The molecule has 4 rings (SSSR count). The topological polar surface area (TPSA) is 90.0 Å². The molecule has 2 aromatic carbocycles. The third kappa shape index (κ3) is 3.52. The molecular formula is C21H17FN4O3. The number of nitrogens with one attached hydrogen (secondary N) is 1. The number of rotatable bonds is 4. The van der Waals surface area contributed by atoms with Gasteiger partial charge in [-0.25, -0.2) is 9.37 Å². The molecule has 0 unspecified atom stereocenters. The standard InChI is InChI=1S/C21H17FN4O3/c1-12-5-3-8-16(13(12)2)24-17(27)10-26-11-23-20-18(21(26)28)19(25-29-20)14-6-4-7-15(22)9-14/h3-9,11H,10H2,1-2H3,(H,24,27). The van der Waals surface area contributed by atoms with Crippen LogP contribution in [-0.4, -0.2) is 20.6 Å². The maximum Gasteiger partial charge on any atom is 0.267 e. The maximum absolute atomic E-state index is 13.6. The lowest BCUT2D eigenvalue weighted by atomic mass is 10.1. The smallest absolute Gasteiger partial charge is 0.267 e. The van der Waals surface area contributed by atoms with Crippen LogP contribution in [0.5, 0.6) is 0 Å². The zero-order chi connectivity index (χ0) is 20.5. The van der Waals surface area contributed by atoms with E-state index in [4.69, 9.17) is 4.52 Å². The first-order chi connectivity index (χ1) is 13.9. The molecule has 29 heavy (non-hydrogen) atoms. The van der Waals surface area contributed by atoms with E-state index in [-0.39, 0.29) is 29.2 Å². The molecule has 0 spiro atoms. The van der Waals surface area contributed by atoms with Gasteiger partial charge in [0.15, 0.2) is 0 Å². The van der Waals surface area contributed by atoms with Gasteiger partial charge < -0.3 is 9.84 Å². The van der Waals surface area contributed by atoms with Gasteiger partial charge in [-0.15, -0.1) is 0 Å². The Hall–Kier alpha value is -3.81. The van der Waals surface area contributed by atoms with Gasteiger partial charge in [0.2, 0.25) is 5.91 Å². The van der Waals surface area contributed by atoms with E-state index >= 15 is 0 Å². The van der Waals surface area contributed by atoms with Crippen LogP contribution >= 0.6 is 0 Å². The fourth-order valence-corrected chi connectivity index (χ4v) is 3.06. The van der Waals surface area contributed by atoms with Crippen LogP contribution in [0.25, 0.3) is 22.4 Å². The Bertz CT molecular complexity index is 1290. The molecule has 2 heterocycles. The molecule has 0 saturated carbocycles. The summed E-state index contributed by atoms with van der Waals surface area (Å²) in [4.78, 5) is 29.5. The summed E-state index contributed by atoms with van der Waals surface area (Å²) in [7, 11) is 0. The van der Waals surface area contributed by atoms with Crippen molar-refractivity contribution in [3.8, 4) is 11.3 Å². The van der Waals surface area contributed by atoms with Gasteiger partial charge in [0.25, 0.3) is 11.3 Å². The average molecular weight is 392 g/mol. The molecule has 0 radical (unpaired) electrons. The second-order valence-corrected chi connectivity index (χ2v) is 6.69. The van der Waals surface area contributed by atoms with Crippen LogP contribution in [0, 0.1) is 19.7 Å². The van der Waals surface area contributed by atoms with Crippen molar-refractivity contribution >= 4 is 22.7 Å². The number of amides is 1. The van der Waals surface area contributed by atoms with Gasteiger partial charge in [0.1, 0.15) is 29.8 Å². The van der Waals surface area contributed by atoms with Crippen molar-refractivity contribution in [2.75, 3.05) is 5.32 Å². The zero-order valence-corrected chi connectivity index (χ0v) is 15.8. The molecular weight excluding hydrogens is 375 g/mol. The molecule has 0 fully saturated rings. The molecule has 146 valence electrons. The minimum absolute atomic E-state index is 0.0282. The number of hydrogen-bond donors (Lipinski definition) is 1. The SMILES string of the molecule is Cc1cccc(NC(=O)Cn2cnc3onc(-c4cccc(F)c4)c3c2=O)c1C. The fourth-order valence-electron chi connectivity index (χ4n) is 3.06. The van der Waals surface area contributed by atoms with Crippen LogP contribution in [0.4, 0.5) is 10.1 Å². The average Bonchev–Trinajstić information content (AvgIpc) is 3.13. The minimum atomic E-state index is -0.494. The molecule has 0 saturated heterocycles. The van der Waals surface area contributed by atoms with Crippen molar-refractivity contribution in [2.45, 2.75) is 20.4 Å². The summed E-state index contributed by atoms with van der Waals surface area (Å²) < 4.78 is 19.8. The highest BCUT2D eigenvalue weighted by Gasteiger charge is 2.18. The molecule has 8 heteroatoms. The number of halogens is 1. The van der Waals surface area contributed by atoms with Crippen LogP contribution in [0.2, 0.25) is 0 Å². The lowest BCUT2D eigenvalue weighted by molar-refractivity contribution is -0.116. The first-order valence-corrected chi connectivity index (χ1v) is 8.91.